The van der Waals surface area contributed by atoms with Crippen LogP contribution in [-0.4, -0.2) is 12.9 Å². The molecule has 0 saturated heterocycles. The number of hydrogen-bond acceptors (Lipinski definition) is 4. The first-order chi connectivity index (χ1) is 11.4. The van der Waals surface area contributed by atoms with E-state index in [-0.39, 0.29) is 27.3 Å². The molecule has 0 spiro atoms. The lowest BCUT2D eigenvalue weighted by atomic mass is 9.96. The molecule has 0 saturated carbocycles. The molecule has 0 unspecified atom stereocenters. The van der Waals surface area contributed by atoms with Gasteiger partial charge < -0.3 is 10.5 Å². The number of methoxy groups -OCH3 is 1. The number of hydrogen-bond donors (Lipinski definition) is 1. The molecule has 2 aromatic rings. The number of halogens is 2. The van der Waals surface area contributed by atoms with Crippen molar-refractivity contribution < 1.29 is 13.9 Å². The van der Waals surface area contributed by atoms with E-state index in [2.05, 4.69) is 0 Å². The average Bonchev–Trinajstić information content (AvgIpc) is 2.60. The van der Waals surface area contributed by atoms with Gasteiger partial charge in [0.2, 0.25) is 0 Å². The van der Waals surface area contributed by atoms with Crippen LogP contribution in [-0.2, 0) is 0 Å². The quantitative estimate of drug-likeness (QED) is 0.830. The van der Waals surface area contributed by atoms with Crippen molar-refractivity contribution in [2.75, 3.05) is 7.11 Å². The van der Waals surface area contributed by atoms with Crippen molar-refractivity contribution in [2.45, 2.75) is 19.4 Å². The Morgan fingerprint density at radius 1 is 1.42 bits per heavy atom. The summed E-state index contributed by atoms with van der Waals surface area (Å²) in [6.07, 6.45) is 0.521. The van der Waals surface area contributed by atoms with Gasteiger partial charge in [0.05, 0.1) is 23.3 Å². The van der Waals surface area contributed by atoms with Crippen LogP contribution < -0.4 is 10.5 Å². The van der Waals surface area contributed by atoms with E-state index < -0.39 is 17.6 Å². The topological polar surface area (TPSA) is 76.1 Å². The third kappa shape index (κ3) is 3.25. The van der Waals surface area contributed by atoms with Gasteiger partial charge in [0, 0.05) is 17.2 Å². The molecule has 2 N–H and O–H groups in total. The smallest absolute Gasteiger partial charge is 0.197 e. The maximum absolute atomic E-state index is 14.8. The number of nitrogens with two attached hydrogens (primary N) is 1. The summed E-state index contributed by atoms with van der Waals surface area (Å²) in [6, 6.07) is 8.65. The first-order valence-corrected chi connectivity index (χ1v) is 7.68. The minimum Gasteiger partial charge on any atom is -0.495 e. The average molecular weight is 347 g/mol. The Hall–Kier alpha value is -2.42. The summed E-state index contributed by atoms with van der Waals surface area (Å²) in [5, 5.41) is 9.13. The first kappa shape index (κ1) is 17.9. The second kappa shape index (κ2) is 7.43. The van der Waals surface area contributed by atoms with Crippen LogP contribution in [0.25, 0.3) is 0 Å². The van der Waals surface area contributed by atoms with E-state index in [1.807, 2.05) is 13.0 Å². The van der Waals surface area contributed by atoms with Crippen molar-refractivity contribution in [3.05, 3.63) is 63.4 Å². The zero-order valence-electron chi connectivity index (χ0n) is 13.3. The predicted molar refractivity (Wildman–Crippen MR) is 89.8 cm³/mol. The molecular formula is C18H16ClFN2O2. The molecular weight excluding hydrogens is 331 g/mol. The summed E-state index contributed by atoms with van der Waals surface area (Å²) >= 11 is 6.04. The molecule has 0 fully saturated rings. The number of ketones is 1. The van der Waals surface area contributed by atoms with Crippen LogP contribution in [0, 0.1) is 17.1 Å². The molecule has 0 aliphatic carbocycles. The fourth-order valence-electron chi connectivity index (χ4n) is 2.36. The Morgan fingerprint density at radius 2 is 2.12 bits per heavy atom. The monoisotopic (exact) mass is 346 g/mol. The van der Waals surface area contributed by atoms with Gasteiger partial charge in [-0.3, -0.25) is 4.79 Å². The van der Waals surface area contributed by atoms with Crippen LogP contribution in [0.2, 0.25) is 5.02 Å². The van der Waals surface area contributed by atoms with Gasteiger partial charge in [0.1, 0.15) is 17.6 Å². The van der Waals surface area contributed by atoms with E-state index in [1.165, 1.54) is 37.4 Å². The number of benzene rings is 2. The molecule has 1 atom stereocenters. The van der Waals surface area contributed by atoms with Crippen molar-refractivity contribution in [3.63, 3.8) is 0 Å². The van der Waals surface area contributed by atoms with Crippen LogP contribution in [0.5, 0.6) is 5.75 Å². The van der Waals surface area contributed by atoms with Gasteiger partial charge in [-0.1, -0.05) is 24.6 Å². The number of nitriles is 1. The number of rotatable bonds is 5. The normalized spacial score (nSPS) is 11.7. The second-order valence-corrected chi connectivity index (χ2v) is 5.60. The minimum absolute atomic E-state index is 0.00104. The molecule has 0 aliphatic heterocycles. The third-order valence-electron chi connectivity index (χ3n) is 3.77. The van der Waals surface area contributed by atoms with Crippen molar-refractivity contribution >= 4 is 17.4 Å². The molecule has 0 aliphatic rings. The summed E-state index contributed by atoms with van der Waals surface area (Å²) < 4.78 is 19.8. The van der Waals surface area contributed by atoms with Crippen molar-refractivity contribution in [2.24, 2.45) is 5.73 Å². The third-order valence-corrected chi connectivity index (χ3v) is 4.08. The van der Waals surface area contributed by atoms with E-state index in [1.54, 1.807) is 0 Å². The molecule has 4 nitrogen and oxygen atoms in total. The van der Waals surface area contributed by atoms with Gasteiger partial charge in [0.15, 0.2) is 5.78 Å². The Labute approximate surface area is 144 Å². The van der Waals surface area contributed by atoms with Gasteiger partial charge >= 0.3 is 0 Å². The number of nitrogens with zero attached hydrogens (tertiary/aromatic N) is 1. The second-order valence-electron chi connectivity index (χ2n) is 5.20. The highest BCUT2D eigenvalue weighted by molar-refractivity contribution is 6.35. The lowest BCUT2D eigenvalue weighted by Gasteiger charge is -2.14. The molecule has 0 heterocycles. The van der Waals surface area contributed by atoms with E-state index in [4.69, 9.17) is 27.3 Å². The van der Waals surface area contributed by atoms with Crippen molar-refractivity contribution in [1.82, 2.24) is 0 Å². The summed E-state index contributed by atoms with van der Waals surface area (Å²) in [6.45, 7) is 1.82. The molecule has 0 aromatic heterocycles. The molecule has 124 valence electrons. The van der Waals surface area contributed by atoms with Gasteiger partial charge in [0.25, 0.3) is 0 Å². The van der Waals surface area contributed by atoms with E-state index in [0.29, 0.717) is 12.2 Å². The molecule has 0 bridgehead atoms. The molecule has 6 heteroatoms. The largest absolute Gasteiger partial charge is 0.495 e. The summed E-state index contributed by atoms with van der Waals surface area (Å²) in [7, 11) is 1.42. The molecule has 2 rings (SSSR count). The summed E-state index contributed by atoms with van der Waals surface area (Å²) in [5.41, 5.74) is 6.20. The van der Waals surface area contributed by atoms with Crippen molar-refractivity contribution in [3.8, 4) is 11.8 Å². The molecule has 0 amide bonds. The SMILES string of the molecule is CC[C@@H](N)c1ccc(Cl)c(C(=O)c2ccc(OC)c(C#N)c2)c1F. The van der Waals surface area contributed by atoms with E-state index in [9.17, 15) is 9.18 Å². The van der Waals surface area contributed by atoms with Gasteiger partial charge in [-0.2, -0.15) is 5.26 Å². The highest BCUT2D eigenvalue weighted by Gasteiger charge is 2.23. The molecule has 2 aromatic carbocycles. The standard InChI is InChI=1S/C18H16ClFN2O2/c1-3-14(22)12-5-6-13(19)16(17(12)20)18(23)10-4-7-15(24-2)11(8-10)9-21/h4-8,14H,3,22H2,1-2H3/t14-/m1/s1. The predicted octanol–water partition coefficient (Wildman–Crippen LogP) is 4.00. The fourth-order valence-corrected chi connectivity index (χ4v) is 2.60. The maximum Gasteiger partial charge on any atom is 0.197 e. The molecule has 24 heavy (non-hydrogen) atoms. The van der Waals surface area contributed by atoms with Crippen LogP contribution in [0.4, 0.5) is 4.39 Å². The van der Waals surface area contributed by atoms with Crippen LogP contribution >= 0.6 is 11.6 Å². The Kier molecular flexibility index (Phi) is 5.55. The van der Waals surface area contributed by atoms with Crippen LogP contribution in [0.15, 0.2) is 30.3 Å². The number of carbonyl (C=O) groups excluding carboxylic acids is 1. The fraction of sp³-hybridized carbons (Fsp3) is 0.222. The van der Waals surface area contributed by atoms with Gasteiger partial charge in [-0.25, -0.2) is 4.39 Å². The summed E-state index contributed by atoms with van der Waals surface area (Å²) in [4.78, 5) is 12.7. The Morgan fingerprint density at radius 3 is 2.71 bits per heavy atom. The highest BCUT2D eigenvalue weighted by atomic mass is 35.5. The van der Waals surface area contributed by atoms with Gasteiger partial charge in [-0.15, -0.1) is 0 Å². The minimum atomic E-state index is -0.726. The maximum atomic E-state index is 14.8. The molecule has 0 radical (unpaired) electrons. The first-order valence-electron chi connectivity index (χ1n) is 7.30. The zero-order chi connectivity index (χ0) is 17.9. The number of ether oxygens (including phenoxy) is 1. The lowest BCUT2D eigenvalue weighted by Crippen LogP contribution is -2.15. The Bertz CT molecular complexity index is 830. The van der Waals surface area contributed by atoms with Crippen molar-refractivity contribution in [1.29, 1.82) is 5.26 Å². The van der Waals surface area contributed by atoms with Crippen LogP contribution in [0.1, 0.15) is 46.4 Å². The zero-order valence-corrected chi connectivity index (χ0v) is 14.0. The van der Waals surface area contributed by atoms with Gasteiger partial charge in [-0.05, 0) is 30.7 Å². The number of carbonyl (C=O) groups is 1. The highest BCUT2D eigenvalue weighted by Crippen LogP contribution is 2.29. The van der Waals surface area contributed by atoms with Crippen LogP contribution in [0.3, 0.4) is 0 Å². The summed E-state index contributed by atoms with van der Waals surface area (Å²) in [5.74, 6) is -1.000. The van der Waals surface area contributed by atoms with E-state index in [0.717, 1.165) is 0 Å². The lowest BCUT2D eigenvalue weighted by molar-refractivity contribution is 0.103. The van der Waals surface area contributed by atoms with E-state index >= 15 is 0 Å². The Balaban J connectivity index is 2.56.